The van der Waals surface area contributed by atoms with Gasteiger partial charge in [-0.3, -0.25) is 0 Å². The summed E-state index contributed by atoms with van der Waals surface area (Å²) in [6, 6.07) is 50.5. The second-order valence-corrected chi connectivity index (χ2v) is 12.8. The fourth-order valence-electron chi connectivity index (χ4n) is 6.31. The Hall–Kier alpha value is -5.42. The minimum atomic E-state index is 0.624. The van der Waals surface area contributed by atoms with Crippen LogP contribution in [0.1, 0.15) is 0 Å². The first kappa shape index (κ1) is 26.9. The third-order valence-corrected chi connectivity index (χ3v) is 10.1. The summed E-state index contributed by atoms with van der Waals surface area (Å²) in [6.45, 7) is 0. The van der Waals surface area contributed by atoms with E-state index in [1.165, 1.54) is 26.4 Å². The highest BCUT2D eigenvalue weighted by atomic mass is 35.5. The van der Waals surface area contributed by atoms with Crippen LogP contribution in [0.2, 0.25) is 5.02 Å². The molecule has 0 aliphatic rings. The molecule has 0 fully saturated rings. The molecule has 9 rings (SSSR count). The first-order chi connectivity index (χ1) is 22.7. The molecule has 0 radical (unpaired) electrons. The van der Waals surface area contributed by atoms with Gasteiger partial charge in [0.1, 0.15) is 0 Å². The molecule has 0 spiro atoms. The number of nitrogens with zero attached hydrogens (tertiary/aromatic N) is 3. The second kappa shape index (κ2) is 10.9. The van der Waals surface area contributed by atoms with Crippen molar-refractivity contribution in [2.45, 2.75) is 0 Å². The smallest absolute Gasteiger partial charge is 0.165 e. The predicted octanol–water partition coefficient (Wildman–Crippen LogP) is 11.9. The van der Waals surface area contributed by atoms with E-state index in [4.69, 9.17) is 26.6 Å². The summed E-state index contributed by atoms with van der Waals surface area (Å²) >= 11 is 8.53. The third-order valence-electron chi connectivity index (χ3n) is 8.60. The Kier molecular flexibility index (Phi) is 6.37. The predicted molar refractivity (Wildman–Crippen MR) is 194 cm³/mol. The SMILES string of the molecule is Clc1ccc(-c2nc(-c3ccc(-c4ccccc4)cc3)nc(-c3ccc4c(ccc5ccccc54)c3)n2)c2sc3ccccc3c12. The zero-order valence-corrected chi connectivity index (χ0v) is 26.1. The van der Waals surface area contributed by atoms with Crippen molar-refractivity contribution in [3.05, 3.63) is 151 Å². The van der Waals surface area contributed by atoms with Crippen molar-refractivity contribution in [2.24, 2.45) is 0 Å². The summed E-state index contributed by atoms with van der Waals surface area (Å²) in [5.41, 5.74) is 5.12. The van der Waals surface area contributed by atoms with E-state index in [0.717, 1.165) is 48.1 Å². The van der Waals surface area contributed by atoms with Crippen LogP contribution in [0.25, 0.3) is 87.0 Å². The van der Waals surface area contributed by atoms with Gasteiger partial charge in [-0.1, -0.05) is 133 Å². The van der Waals surface area contributed by atoms with Gasteiger partial charge in [-0.25, -0.2) is 15.0 Å². The molecule has 0 aliphatic heterocycles. The maximum absolute atomic E-state index is 6.81. The maximum Gasteiger partial charge on any atom is 0.165 e. The van der Waals surface area contributed by atoms with E-state index in [9.17, 15) is 0 Å². The van der Waals surface area contributed by atoms with Crippen LogP contribution in [0.4, 0.5) is 0 Å². The van der Waals surface area contributed by atoms with E-state index in [-0.39, 0.29) is 0 Å². The molecular formula is C41H24ClN3S. The molecule has 0 bridgehead atoms. The largest absolute Gasteiger partial charge is 0.208 e. The Labute approximate surface area is 274 Å². The van der Waals surface area contributed by atoms with E-state index in [0.29, 0.717) is 17.5 Å². The molecule has 7 aromatic carbocycles. The van der Waals surface area contributed by atoms with Gasteiger partial charge >= 0.3 is 0 Å². The Balaban J connectivity index is 1.25. The number of rotatable bonds is 4. The van der Waals surface area contributed by atoms with Gasteiger partial charge in [0.25, 0.3) is 0 Å². The van der Waals surface area contributed by atoms with Crippen molar-refractivity contribution in [3.63, 3.8) is 0 Å². The number of aromatic nitrogens is 3. The molecule has 0 amide bonds. The van der Waals surface area contributed by atoms with Crippen LogP contribution in [0.3, 0.4) is 0 Å². The fraction of sp³-hybridized carbons (Fsp3) is 0. The Bertz CT molecular complexity index is 2590. The normalized spacial score (nSPS) is 11.6. The first-order valence-corrected chi connectivity index (χ1v) is 16.3. The Morgan fingerprint density at radius 2 is 1.04 bits per heavy atom. The zero-order valence-electron chi connectivity index (χ0n) is 24.5. The molecule has 2 aromatic heterocycles. The van der Waals surface area contributed by atoms with Gasteiger partial charge in [0.05, 0.1) is 0 Å². The summed E-state index contributed by atoms with van der Waals surface area (Å²) in [6.07, 6.45) is 0. The zero-order chi connectivity index (χ0) is 30.6. The van der Waals surface area contributed by atoms with E-state index in [1.54, 1.807) is 11.3 Å². The summed E-state index contributed by atoms with van der Waals surface area (Å²) < 4.78 is 2.25. The molecule has 0 saturated heterocycles. The monoisotopic (exact) mass is 625 g/mol. The van der Waals surface area contributed by atoms with Crippen LogP contribution in [0.15, 0.2) is 146 Å². The van der Waals surface area contributed by atoms with Crippen LogP contribution < -0.4 is 0 Å². The molecule has 9 aromatic rings. The van der Waals surface area contributed by atoms with E-state index in [2.05, 4.69) is 127 Å². The minimum Gasteiger partial charge on any atom is -0.208 e. The average molecular weight is 626 g/mol. The van der Waals surface area contributed by atoms with Crippen molar-refractivity contribution >= 4 is 64.7 Å². The molecule has 0 N–H and O–H groups in total. The lowest BCUT2D eigenvalue weighted by molar-refractivity contribution is 1.08. The summed E-state index contributed by atoms with van der Waals surface area (Å²) in [7, 11) is 0. The van der Waals surface area contributed by atoms with Crippen LogP contribution >= 0.6 is 22.9 Å². The molecule has 0 unspecified atom stereocenters. The standard InChI is InChI=1S/C41H24ClN3S/c42-35-23-22-34(38-37(35)33-12-6-7-13-36(33)46-38)41-44-39(28-17-14-26(15-18-28)25-8-2-1-3-9-25)43-40(45-41)30-20-21-32-29(24-30)19-16-27-10-4-5-11-31(27)32/h1-24H. The van der Waals surface area contributed by atoms with Crippen molar-refractivity contribution in [1.82, 2.24) is 15.0 Å². The van der Waals surface area contributed by atoms with E-state index >= 15 is 0 Å². The van der Waals surface area contributed by atoms with Crippen molar-refractivity contribution in [2.75, 3.05) is 0 Å². The first-order valence-electron chi connectivity index (χ1n) is 15.1. The summed E-state index contributed by atoms with van der Waals surface area (Å²) in [4.78, 5) is 15.3. The second-order valence-electron chi connectivity index (χ2n) is 11.4. The number of thiophene rings is 1. The van der Waals surface area contributed by atoms with E-state index in [1.807, 2.05) is 18.2 Å². The third kappa shape index (κ3) is 4.54. The molecule has 5 heteroatoms. The molecule has 2 heterocycles. The van der Waals surface area contributed by atoms with Gasteiger partial charge in [0.2, 0.25) is 0 Å². The van der Waals surface area contributed by atoms with Gasteiger partial charge in [-0.2, -0.15) is 0 Å². The van der Waals surface area contributed by atoms with Gasteiger partial charge in [-0.15, -0.1) is 11.3 Å². The van der Waals surface area contributed by atoms with Crippen molar-refractivity contribution < 1.29 is 0 Å². The summed E-state index contributed by atoms with van der Waals surface area (Å²) in [5.74, 6) is 1.88. The van der Waals surface area contributed by atoms with Crippen LogP contribution in [0, 0.1) is 0 Å². The molecule has 0 saturated carbocycles. The molecule has 46 heavy (non-hydrogen) atoms. The molecule has 0 aliphatic carbocycles. The van der Waals surface area contributed by atoms with E-state index < -0.39 is 0 Å². The van der Waals surface area contributed by atoms with Crippen molar-refractivity contribution in [3.8, 4) is 45.3 Å². The van der Waals surface area contributed by atoms with Gasteiger partial charge in [0, 0.05) is 41.9 Å². The number of fused-ring (bicyclic) bond motifs is 6. The molecule has 0 atom stereocenters. The lowest BCUT2D eigenvalue weighted by Gasteiger charge is -2.11. The Morgan fingerprint density at radius 1 is 0.435 bits per heavy atom. The highest BCUT2D eigenvalue weighted by Gasteiger charge is 2.18. The highest BCUT2D eigenvalue weighted by molar-refractivity contribution is 7.26. The van der Waals surface area contributed by atoms with Crippen LogP contribution in [-0.2, 0) is 0 Å². The number of hydrogen-bond acceptors (Lipinski definition) is 4. The highest BCUT2D eigenvalue weighted by Crippen LogP contribution is 2.43. The molecule has 216 valence electrons. The number of benzene rings is 7. The topological polar surface area (TPSA) is 38.7 Å². The van der Waals surface area contributed by atoms with Gasteiger partial charge in [-0.05, 0) is 56.9 Å². The fourth-order valence-corrected chi connectivity index (χ4v) is 7.87. The minimum absolute atomic E-state index is 0.624. The average Bonchev–Trinajstić information content (AvgIpc) is 3.52. The van der Waals surface area contributed by atoms with Gasteiger partial charge in [0.15, 0.2) is 17.5 Å². The van der Waals surface area contributed by atoms with Crippen molar-refractivity contribution in [1.29, 1.82) is 0 Å². The number of halogens is 1. The summed E-state index contributed by atoms with van der Waals surface area (Å²) in [5, 5.41) is 7.71. The maximum atomic E-state index is 6.81. The number of hydrogen-bond donors (Lipinski definition) is 0. The molecular weight excluding hydrogens is 602 g/mol. The van der Waals surface area contributed by atoms with Crippen LogP contribution in [0.5, 0.6) is 0 Å². The lowest BCUT2D eigenvalue weighted by atomic mass is 10.00. The molecule has 3 nitrogen and oxygen atoms in total. The van der Waals surface area contributed by atoms with Gasteiger partial charge < -0.3 is 0 Å². The van der Waals surface area contributed by atoms with Crippen LogP contribution in [-0.4, -0.2) is 15.0 Å². The lowest BCUT2D eigenvalue weighted by Crippen LogP contribution is -2.00. The Morgan fingerprint density at radius 3 is 1.89 bits per heavy atom. The quantitative estimate of drug-likeness (QED) is 0.183.